The van der Waals surface area contributed by atoms with Gasteiger partial charge in [0.05, 0.1) is 29.5 Å². The molecule has 0 spiro atoms. The van der Waals surface area contributed by atoms with Gasteiger partial charge >= 0.3 is 5.97 Å². The van der Waals surface area contributed by atoms with Gasteiger partial charge in [-0.1, -0.05) is 30.3 Å². The fraction of sp³-hybridized carbons (Fsp3) is 0.200. The topological polar surface area (TPSA) is 106 Å². The maximum absolute atomic E-state index is 12.9. The van der Waals surface area contributed by atoms with Crippen LogP contribution in [0.25, 0.3) is 0 Å². The molecular formula is C25H20N2O6. The van der Waals surface area contributed by atoms with Crippen LogP contribution in [0.4, 0.5) is 0 Å². The van der Waals surface area contributed by atoms with Crippen LogP contribution in [0.3, 0.4) is 0 Å². The van der Waals surface area contributed by atoms with Crippen molar-refractivity contribution in [2.75, 3.05) is 0 Å². The Morgan fingerprint density at radius 2 is 1.76 bits per heavy atom. The highest BCUT2D eigenvalue weighted by atomic mass is 16.5. The van der Waals surface area contributed by atoms with Crippen LogP contribution in [0.5, 0.6) is 0 Å². The molecule has 1 saturated carbocycles. The number of benzene rings is 2. The maximum Gasteiger partial charge on any atom is 0.339 e. The molecule has 1 aromatic heterocycles. The van der Waals surface area contributed by atoms with E-state index in [1.54, 1.807) is 42.5 Å². The quantitative estimate of drug-likeness (QED) is 0.443. The summed E-state index contributed by atoms with van der Waals surface area (Å²) in [4.78, 5) is 52.2. The molecule has 1 aliphatic heterocycles. The predicted molar refractivity (Wildman–Crippen MR) is 115 cm³/mol. The van der Waals surface area contributed by atoms with Crippen LogP contribution in [0.1, 0.15) is 61.3 Å². The molecule has 5 rings (SSSR count). The summed E-state index contributed by atoms with van der Waals surface area (Å²) in [7, 11) is 0. The molecule has 1 N–H and O–H groups in total. The van der Waals surface area contributed by atoms with E-state index in [2.05, 4.69) is 5.32 Å². The van der Waals surface area contributed by atoms with Crippen molar-refractivity contribution in [3.05, 3.63) is 94.9 Å². The summed E-state index contributed by atoms with van der Waals surface area (Å²) in [5, 5.41) is 2.86. The van der Waals surface area contributed by atoms with Gasteiger partial charge in [-0.05, 0) is 43.2 Å². The fourth-order valence-electron chi connectivity index (χ4n) is 3.70. The van der Waals surface area contributed by atoms with Crippen molar-refractivity contribution in [1.82, 2.24) is 10.2 Å². The third-order valence-electron chi connectivity index (χ3n) is 5.59. The van der Waals surface area contributed by atoms with E-state index >= 15 is 0 Å². The van der Waals surface area contributed by atoms with Crippen LogP contribution in [-0.4, -0.2) is 34.6 Å². The largest absolute Gasteiger partial charge is 0.467 e. The number of fused-ring (bicyclic) bond motifs is 1. The van der Waals surface area contributed by atoms with Gasteiger partial charge in [0.15, 0.2) is 0 Å². The summed E-state index contributed by atoms with van der Waals surface area (Å²) in [5.41, 5.74) is 0.935. The predicted octanol–water partition coefficient (Wildman–Crippen LogP) is 3.25. The lowest BCUT2D eigenvalue weighted by molar-refractivity contribution is -0.130. The van der Waals surface area contributed by atoms with E-state index in [0.717, 1.165) is 17.7 Å². The van der Waals surface area contributed by atoms with Crippen LogP contribution < -0.4 is 5.32 Å². The van der Waals surface area contributed by atoms with Crippen molar-refractivity contribution in [2.24, 2.45) is 0 Å². The van der Waals surface area contributed by atoms with E-state index in [-0.39, 0.29) is 29.3 Å². The molecule has 1 fully saturated rings. The normalized spacial score (nSPS) is 15.8. The minimum Gasteiger partial charge on any atom is -0.467 e. The molecule has 3 aromatic rings. The van der Waals surface area contributed by atoms with Crippen LogP contribution in [0.2, 0.25) is 0 Å². The lowest BCUT2D eigenvalue weighted by Crippen LogP contribution is -2.33. The molecule has 0 bridgehead atoms. The molecule has 33 heavy (non-hydrogen) atoms. The van der Waals surface area contributed by atoms with Crippen LogP contribution in [0, 0.1) is 0 Å². The van der Waals surface area contributed by atoms with E-state index < -0.39 is 29.8 Å². The Morgan fingerprint density at radius 1 is 1.00 bits per heavy atom. The van der Waals surface area contributed by atoms with Crippen molar-refractivity contribution >= 4 is 23.7 Å². The molecule has 2 aliphatic rings. The highest BCUT2D eigenvalue weighted by molar-refractivity contribution is 6.21. The van der Waals surface area contributed by atoms with Gasteiger partial charge in [0, 0.05) is 11.6 Å². The van der Waals surface area contributed by atoms with E-state index in [1.807, 2.05) is 0 Å². The fourth-order valence-corrected chi connectivity index (χ4v) is 3.70. The number of imide groups is 1. The van der Waals surface area contributed by atoms with Crippen molar-refractivity contribution in [3.8, 4) is 0 Å². The Bertz CT molecular complexity index is 1230. The van der Waals surface area contributed by atoms with Crippen molar-refractivity contribution in [3.63, 3.8) is 0 Å². The number of carbonyl (C=O) groups is 4. The number of hydrogen-bond acceptors (Lipinski definition) is 6. The first-order valence-corrected chi connectivity index (χ1v) is 10.6. The van der Waals surface area contributed by atoms with Gasteiger partial charge in [-0.25, -0.2) is 4.79 Å². The van der Waals surface area contributed by atoms with Crippen molar-refractivity contribution in [1.29, 1.82) is 0 Å². The smallest absolute Gasteiger partial charge is 0.339 e. The van der Waals surface area contributed by atoms with E-state index in [1.165, 1.54) is 24.5 Å². The third-order valence-corrected chi connectivity index (χ3v) is 5.59. The lowest BCUT2D eigenvalue weighted by atomic mass is 10.1. The second-order valence-electron chi connectivity index (χ2n) is 8.02. The number of amides is 3. The molecule has 2 heterocycles. The zero-order chi connectivity index (χ0) is 22.9. The lowest BCUT2D eigenvalue weighted by Gasteiger charge is -2.18. The van der Waals surface area contributed by atoms with E-state index in [0.29, 0.717) is 11.3 Å². The average molecular weight is 444 g/mol. The van der Waals surface area contributed by atoms with Gasteiger partial charge < -0.3 is 14.5 Å². The molecule has 8 nitrogen and oxygen atoms in total. The van der Waals surface area contributed by atoms with Crippen molar-refractivity contribution < 1.29 is 28.3 Å². The van der Waals surface area contributed by atoms with Gasteiger partial charge in [0.2, 0.25) is 6.10 Å². The van der Waals surface area contributed by atoms with Gasteiger partial charge in [-0.3, -0.25) is 19.3 Å². The molecule has 2 aromatic carbocycles. The molecule has 0 saturated heterocycles. The number of esters is 1. The maximum atomic E-state index is 12.9. The number of hydrogen-bond donors (Lipinski definition) is 1. The SMILES string of the molecule is O=C(OC(C(=O)NC1CC1)c1ccccc1)c1ccc2c(c1)C(=O)N(Cc1ccco1)C2=O. The molecule has 3 amide bonds. The van der Waals surface area contributed by atoms with Gasteiger partial charge in [0.25, 0.3) is 17.7 Å². The minimum atomic E-state index is -1.12. The van der Waals surface area contributed by atoms with Crippen LogP contribution >= 0.6 is 0 Å². The monoisotopic (exact) mass is 444 g/mol. The first-order chi connectivity index (χ1) is 16.0. The number of ether oxygens (including phenoxy) is 1. The zero-order valence-corrected chi connectivity index (χ0v) is 17.5. The Morgan fingerprint density at radius 3 is 2.45 bits per heavy atom. The first kappa shape index (κ1) is 20.7. The Balaban J connectivity index is 1.37. The molecule has 0 radical (unpaired) electrons. The molecule has 1 unspecified atom stereocenters. The number of carbonyl (C=O) groups excluding carboxylic acids is 4. The standard InChI is InChI=1S/C25H20N2O6/c28-22(26-17-9-10-17)21(15-5-2-1-3-6-15)33-25(31)16-8-11-19-20(13-16)24(30)27(23(19)29)14-18-7-4-12-32-18/h1-8,11-13,17,21H,9-10,14H2,(H,26,28). The Hall–Kier alpha value is -4.20. The van der Waals surface area contributed by atoms with Gasteiger partial charge in [-0.2, -0.15) is 0 Å². The van der Waals surface area contributed by atoms with Crippen LogP contribution in [-0.2, 0) is 16.1 Å². The zero-order valence-electron chi connectivity index (χ0n) is 17.5. The van der Waals surface area contributed by atoms with Gasteiger partial charge in [0.1, 0.15) is 5.76 Å². The Kier molecular flexibility index (Phi) is 5.26. The molecule has 166 valence electrons. The molecule has 1 atom stereocenters. The molecular weight excluding hydrogens is 424 g/mol. The highest BCUT2D eigenvalue weighted by Gasteiger charge is 2.37. The number of nitrogens with one attached hydrogen (secondary N) is 1. The van der Waals surface area contributed by atoms with E-state index in [9.17, 15) is 19.2 Å². The average Bonchev–Trinajstić information content (AvgIpc) is 3.43. The second kappa shape index (κ2) is 8.38. The number of furan rings is 1. The van der Waals surface area contributed by atoms with Crippen LogP contribution in [0.15, 0.2) is 71.3 Å². The summed E-state index contributed by atoms with van der Waals surface area (Å²) in [6.07, 6.45) is 2.14. The number of rotatable bonds is 7. The minimum absolute atomic E-state index is 0.00343. The molecule has 1 aliphatic carbocycles. The van der Waals surface area contributed by atoms with Crippen molar-refractivity contribution in [2.45, 2.75) is 31.5 Å². The third kappa shape index (κ3) is 4.15. The highest BCUT2D eigenvalue weighted by Crippen LogP contribution is 2.28. The molecule has 8 heteroatoms. The summed E-state index contributed by atoms with van der Waals surface area (Å²) < 4.78 is 10.8. The summed E-state index contributed by atoms with van der Waals surface area (Å²) >= 11 is 0. The Labute approximate surface area is 189 Å². The second-order valence-corrected chi connectivity index (χ2v) is 8.02. The summed E-state index contributed by atoms with van der Waals surface area (Å²) in [5.74, 6) is -1.67. The van der Waals surface area contributed by atoms with E-state index in [4.69, 9.17) is 9.15 Å². The summed E-state index contributed by atoms with van der Waals surface area (Å²) in [6, 6.07) is 16.4. The first-order valence-electron chi connectivity index (χ1n) is 10.6. The van der Waals surface area contributed by atoms with Gasteiger partial charge in [-0.15, -0.1) is 0 Å². The summed E-state index contributed by atoms with van der Waals surface area (Å²) in [6.45, 7) is -0.00343. The number of nitrogens with zero attached hydrogens (tertiary/aromatic N) is 1.